The second kappa shape index (κ2) is 13.7. The topological polar surface area (TPSA) is 49.7 Å². The third kappa shape index (κ3) is 13.8. The van der Waals surface area contributed by atoms with Crippen molar-refractivity contribution < 1.29 is 14.3 Å². The minimum Gasteiger partial charge on any atom is -0.325 e. The summed E-state index contributed by atoms with van der Waals surface area (Å²) in [7, 11) is 0. The first-order valence-electron chi connectivity index (χ1n) is 10.2. The SMILES string of the molecule is CCCCCCC1CC1CCCCCCCCCCOP(O)(O)=S. The van der Waals surface area contributed by atoms with Crippen LogP contribution in [-0.2, 0) is 16.3 Å². The molecule has 2 N–H and O–H groups in total. The molecule has 0 heterocycles. The molecule has 144 valence electrons. The Bertz CT molecular complexity index is 346. The largest absolute Gasteiger partial charge is 0.325 e. The van der Waals surface area contributed by atoms with Gasteiger partial charge >= 0.3 is 6.72 Å². The predicted molar refractivity (Wildman–Crippen MR) is 107 cm³/mol. The maximum Gasteiger partial charge on any atom is 0.321 e. The van der Waals surface area contributed by atoms with Gasteiger partial charge in [-0.1, -0.05) is 90.4 Å². The molecule has 0 aliphatic heterocycles. The lowest BCUT2D eigenvalue weighted by molar-refractivity contribution is 0.245. The lowest BCUT2D eigenvalue weighted by Crippen LogP contribution is -1.92. The molecule has 2 atom stereocenters. The Labute approximate surface area is 154 Å². The van der Waals surface area contributed by atoms with Crippen molar-refractivity contribution in [3.05, 3.63) is 0 Å². The minimum atomic E-state index is -3.42. The molecule has 0 saturated heterocycles. The average Bonchev–Trinajstić information content (AvgIpc) is 3.26. The van der Waals surface area contributed by atoms with Gasteiger partial charge in [0.1, 0.15) is 0 Å². The predicted octanol–water partition coefficient (Wildman–Crippen LogP) is 6.33. The van der Waals surface area contributed by atoms with Gasteiger partial charge < -0.3 is 14.3 Å². The Morgan fingerprint density at radius 2 is 1.25 bits per heavy atom. The summed E-state index contributed by atoms with van der Waals surface area (Å²) in [6.07, 6.45) is 20.2. The van der Waals surface area contributed by atoms with Crippen molar-refractivity contribution in [2.75, 3.05) is 6.61 Å². The maximum atomic E-state index is 8.92. The summed E-state index contributed by atoms with van der Waals surface area (Å²) < 4.78 is 4.80. The monoisotopic (exact) mass is 378 g/mol. The fourth-order valence-corrected chi connectivity index (χ4v) is 4.19. The van der Waals surface area contributed by atoms with Crippen molar-refractivity contribution in [1.82, 2.24) is 0 Å². The van der Waals surface area contributed by atoms with Crippen molar-refractivity contribution in [3.8, 4) is 0 Å². The second-order valence-electron chi connectivity index (χ2n) is 7.55. The van der Waals surface area contributed by atoms with E-state index in [9.17, 15) is 0 Å². The summed E-state index contributed by atoms with van der Waals surface area (Å²) >= 11 is 4.41. The third-order valence-electron chi connectivity index (χ3n) is 5.23. The summed E-state index contributed by atoms with van der Waals surface area (Å²) in [5.41, 5.74) is 0. The van der Waals surface area contributed by atoms with Crippen LogP contribution in [0.25, 0.3) is 0 Å². The molecular formula is C19H39O3PS. The van der Waals surface area contributed by atoms with Crippen LogP contribution in [0.4, 0.5) is 0 Å². The number of hydrogen-bond acceptors (Lipinski definition) is 2. The highest BCUT2D eigenvalue weighted by Gasteiger charge is 2.34. The quantitative estimate of drug-likeness (QED) is 0.229. The zero-order valence-corrected chi connectivity index (χ0v) is 17.3. The van der Waals surface area contributed by atoms with Gasteiger partial charge in [-0.3, -0.25) is 0 Å². The molecule has 5 heteroatoms. The number of hydrogen-bond donors (Lipinski definition) is 2. The molecule has 0 amide bonds. The molecule has 0 aromatic rings. The van der Waals surface area contributed by atoms with E-state index < -0.39 is 6.72 Å². The zero-order valence-electron chi connectivity index (χ0n) is 15.6. The van der Waals surface area contributed by atoms with E-state index in [1.165, 1.54) is 83.5 Å². The van der Waals surface area contributed by atoms with Crippen molar-refractivity contribution in [2.45, 2.75) is 103 Å². The first kappa shape index (κ1) is 22.6. The Kier molecular flexibility index (Phi) is 12.9. The Hall–Kier alpha value is 0.530. The third-order valence-corrected chi connectivity index (χ3v) is 6.06. The van der Waals surface area contributed by atoms with E-state index in [1.54, 1.807) is 0 Å². The highest BCUT2D eigenvalue weighted by molar-refractivity contribution is 8.06. The van der Waals surface area contributed by atoms with Crippen LogP contribution in [0.2, 0.25) is 0 Å². The smallest absolute Gasteiger partial charge is 0.321 e. The van der Waals surface area contributed by atoms with E-state index in [4.69, 9.17) is 14.3 Å². The van der Waals surface area contributed by atoms with E-state index in [2.05, 4.69) is 18.7 Å². The first-order chi connectivity index (χ1) is 11.5. The van der Waals surface area contributed by atoms with Crippen molar-refractivity contribution in [1.29, 1.82) is 0 Å². The molecule has 1 rings (SSSR count). The van der Waals surface area contributed by atoms with Gasteiger partial charge in [-0.2, -0.15) is 0 Å². The van der Waals surface area contributed by atoms with Crippen LogP contribution in [0, 0.1) is 11.8 Å². The maximum absolute atomic E-state index is 8.92. The average molecular weight is 379 g/mol. The Morgan fingerprint density at radius 3 is 1.75 bits per heavy atom. The summed E-state index contributed by atoms with van der Waals surface area (Å²) in [4.78, 5) is 17.8. The van der Waals surface area contributed by atoms with Crippen LogP contribution in [-0.4, -0.2) is 16.4 Å². The van der Waals surface area contributed by atoms with Gasteiger partial charge in [0.05, 0.1) is 6.61 Å². The summed E-state index contributed by atoms with van der Waals surface area (Å²) in [6, 6.07) is 0. The lowest BCUT2D eigenvalue weighted by Gasteiger charge is -2.07. The van der Waals surface area contributed by atoms with Crippen molar-refractivity contribution in [3.63, 3.8) is 0 Å². The Balaban J connectivity index is 1.74. The van der Waals surface area contributed by atoms with Crippen LogP contribution in [0.3, 0.4) is 0 Å². The molecule has 0 aromatic carbocycles. The van der Waals surface area contributed by atoms with Gasteiger partial charge in [-0.25, -0.2) is 0 Å². The van der Waals surface area contributed by atoms with E-state index in [0.717, 1.165) is 24.7 Å². The molecule has 0 aromatic heterocycles. The van der Waals surface area contributed by atoms with Crippen LogP contribution < -0.4 is 0 Å². The van der Waals surface area contributed by atoms with Gasteiger partial charge in [0.25, 0.3) is 0 Å². The van der Waals surface area contributed by atoms with Crippen LogP contribution in [0.5, 0.6) is 0 Å². The molecule has 0 spiro atoms. The highest BCUT2D eigenvalue weighted by Crippen LogP contribution is 2.45. The molecule has 3 nitrogen and oxygen atoms in total. The molecule has 0 radical (unpaired) electrons. The molecule has 1 aliphatic carbocycles. The van der Waals surface area contributed by atoms with Crippen LogP contribution in [0.15, 0.2) is 0 Å². The molecular weight excluding hydrogens is 339 g/mol. The summed E-state index contributed by atoms with van der Waals surface area (Å²) in [5, 5.41) is 0. The number of unbranched alkanes of at least 4 members (excludes halogenated alkanes) is 10. The van der Waals surface area contributed by atoms with Crippen molar-refractivity contribution in [2.24, 2.45) is 11.8 Å². The van der Waals surface area contributed by atoms with E-state index in [1.807, 2.05) is 0 Å². The van der Waals surface area contributed by atoms with E-state index in [-0.39, 0.29) is 0 Å². The molecule has 0 bridgehead atoms. The van der Waals surface area contributed by atoms with Crippen molar-refractivity contribution >= 4 is 18.5 Å². The van der Waals surface area contributed by atoms with Gasteiger partial charge in [0, 0.05) is 0 Å². The summed E-state index contributed by atoms with van der Waals surface area (Å²) in [6.45, 7) is -0.757. The second-order valence-corrected chi connectivity index (χ2v) is 10.2. The van der Waals surface area contributed by atoms with Gasteiger partial charge in [0.2, 0.25) is 0 Å². The molecule has 1 fully saturated rings. The standard InChI is InChI=1S/C19H39O3PS/c1-2-3-4-11-14-18-17-19(18)15-12-9-7-5-6-8-10-13-16-22-23(20,21)24/h18-19H,2-17H2,1H3,(H2,20,21,24). The molecule has 1 saturated carbocycles. The highest BCUT2D eigenvalue weighted by atomic mass is 32.5. The van der Waals surface area contributed by atoms with Gasteiger partial charge in [-0.05, 0) is 36.5 Å². The number of rotatable bonds is 17. The van der Waals surface area contributed by atoms with E-state index >= 15 is 0 Å². The molecule has 1 aliphatic rings. The molecule has 2 unspecified atom stereocenters. The normalized spacial score (nSPS) is 20.5. The van der Waals surface area contributed by atoms with Crippen LogP contribution >= 0.6 is 6.72 Å². The lowest BCUT2D eigenvalue weighted by atomic mass is 10.0. The minimum absolute atomic E-state index is 0.380. The zero-order chi connectivity index (χ0) is 17.7. The van der Waals surface area contributed by atoms with E-state index in [0.29, 0.717) is 6.61 Å². The fourth-order valence-electron chi connectivity index (χ4n) is 3.60. The van der Waals surface area contributed by atoms with Gasteiger partial charge in [-0.15, -0.1) is 0 Å². The first-order valence-corrected chi connectivity index (χ1v) is 12.9. The Morgan fingerprint density at radius 1 is 0.792 bits per heavy atom. The molecule has 24 heavy (non-hydrogen) atoms. The van der Waals surface area contributed by atoms with Gasteiger partial charge in [0.15, 0.2) is 0 Å². The van der Waals surface area contributed by atoms with Crippen LogP contribution in [0.1, 0.15) is 103 Å². The fraction of sp³-hybridized carbons (Fsp3) is 1.00. The summed E-state index contributed by atoms with van der Waals surface area (Å²) in [5.74, 6) is 2.15.